The zero-order valence-electron chi connectivity index (χ0n) is 24.1. The zero-order chi connectivity index (χ0) is 29.9. The molecule has 2 heterocycles. The second-order valence-corrected chi connectivity index (χ2v) is 12.1. The smallest absolute Gasteiger partial charge is 0.243 e. The van der Waals surface area contributed by atoms with Crippen LogP contribution in [0.4, 0.5) is 0 Å². The first-order chi connectivity index (χ1) is 19.5. The van der Waals surface area contributed by atoms with Gasteiger partial charge in [0.05, 0.1) is 6.04 Å². The Kier molecular flexibility index (Phi) is 12.0. The van der Waals surface area contributed by atoms with Gasteiger partial charge < -0.3 is 21.3 Å². The molecule has 11 heteroatoms. The lowest BCUT2D eigenvalue weighted by Crippen LogP contribution is -2.57. The standard InChI is InChI=1S/C30H41N5O5S/c1-18(2)16-23(34-29(40)25(19(3)4)35-24(36)11-10-20-8-6-5-7-9-20)28(39)33-22(17-21-12-13-31-27(21)38)26(37)30-32-14-15-41-30/h5-9,14-15,18-19,21-23,25H,10-13,16-17H2,1-4H3,(H,31,38)(H,33,39)(H,34,40)(H,35,36)/t21-,22-,23-,25-/m0/s1. The van der Waals surface area contributed by atoms with Gasteiger partial charge in [-0.15, -0.1) is 11.3 Å². The van der Waals surface area contributed by atoms with E-state index in [0.717, 1.165) is 5.56 Å². The fourth-order valence-corrected chi connectivity index (χ4v) is 5.43. The van der Waals surface area contributed by atoms with Crippen LogP contribution in [-0.2, 0) is 25.6 Å². The van der Waals surface area contributed by atoms with Crippen LogP contribution in [-0.4, -0.2) is 59.1 Å². The minimum Gasteiger partial charge on any atom is -0.356 e. The van der Waals surface area contributed by atoms with Gasteiger partial charge in [0.1, 0.15) is 12.1 Å². The molecule has 1 aromatic heterocycles. The summed E-state index contributed by atoms with van der Waals surface area (Å²) in [6, 6.07) is 6.89. The lowest BCUT2D eigenvalue weighted by atomic mass is 9.94. The summed E-state index contributed by atoms with van der Waals surface area (Å²) in [4.78, 5) is 69.2. The number of nitrogens with one attached hydrogen (secondary N) is 4. The monoisotopic (exact) mass is 583 g/mol. The number of rotatable bonds is 15. The van der Waals surface area contributed by atoms with Crippen LogP contribution in [0.15, 0.2) is 41.9 Å². The van der Waals surface area contributed by atoms with E-state index in [4.69, 9.17) is 0 Å². The van der Waals surface area contributed by atoms with E-state index in [-0.39, 0.29) is 47.3 Å². The van der Waals surface area contributed by atoms with Crippen molar-refractivity contribution in [3.8, 4) is 0 Å². The van der Waals surface area contributed by atoms with Crippen molar-refractivity contribution in [2.75, 3.05) is 6.54 Å². The number of Topliss-reactive ketones (excluding diaryl/α,β-unsaturated/α-hetero) is 1. The average Bonchev–Trinajstić information content (AvgIpc) is 3.61. The van der Waals surface area contributed by atoms with Gasteiger partial charge >= 0.3 is 0 Å². The van der Waals surface area contributed by atoms with Gasteiger partial charge in [-0.05, 0) is 43.1 Å². The van der Waals surface area contributed by atoms with E-state index in [2.05, 4.69) is 26.3 Å². The maximum atomic E-state index is 13.5. The van der Waals surface area contributed by atoms with Crippen molar-refractivity contribution in [1.29, 1.82) is 0 Å². The summed E-state index contributed by atoms with van der Waals surface area (Å²) in [5.41, 5.74) is 1.03. The predicted molar refractivity (Wildman–Crippen MR) is 157 cm³/mol. The third kappa shape index (κ3) is 9.77. The molecule has 222 valence electrons. The fraction of sp³-hybridized carbons (Fsp3) is 0.533. The van der Waals surface area contributed by atoms with Gasteiger partial charge in [0.25, 0.3) is 0 Å². The first-order valence-corrected chi connectivity index (χ1v) is 15.1. The summed E-state index contributed by atoms with van der Waals surface area (Å²) < 4.78 is 0. The number of amides is 4. The molecular formula is C30H41N5O5S. The fourth-order valence-electron chi connectivity index (χ4n) is 4.80. The van der Waals surface area contributed by atoms with E-state index in [1.165, 1.54) is 17.5 Å². The second-order valence-electron chi connectivity index (χ2n) is 11.2. The van der Waals surface area contributed by atoms with Crippen molar-refractivity contribution >= 4 is 40.7 Å². The number of carbonyl (C=O) groups excluding carboxylic acids is 5. The number of aromatic nitrogens is 1. The Bertz CT molecular complexity index is 1190. The Morgan fingerprint density at radius 3 is 2.29 bits per heavy atom. The molecule has 3 rings (SSSR count). The number of hydrogen-bond donors (Lipinski definition) is 4. The van der Waals surface area contributed by atoms with E-state index in [1.54, 1.807) is 5.38 Å². The molecular weight excluding hydrogens is 542 g/mol. The highest BCUT2D eigenvalue weighted by Gasteiger charge is 2.35. The lowest BCUT2D eigenvalue weighted by molar-refractivity contribution is -0.133. The SMILES string of the molecule is CC(C)C[C@H](NC(=O)[C@@H](NC(=O)CCc1ccccc1)C(C)C)C(=O)N[C@@H](C[C@@H]1CCNC1=O)C(=O)c1nccs1. The van der Waals surface area contributed by atoms with Crippen molar-refractivity contribution in [1.82, 2.24) is 26.3 Å². The quantitative estimate of drug-likeness (QED) is 0.237. The molecule has 1 saturated heterocycles. The first kappa shape index (κ1) is 31.9. The number of hydrogen-bond acceptors (Lipinski definition) is 7. The van der Waals surface area contributed by atoms with Crippen LogP contribution in [0.1, 0.15) is 68.7 Å². The Balaban J connectivity index is 1.69. The highest BCUT2D eigenvalue weighted by Crippen LogP contribution is 2.20. The maximum absolute atomic E-state index is 13.5. The molecule has 0 unspecified atom stereocenters. The summed E-state index contributed by atoms with van der Waals surface area (Å²) in [5, 5.41) is 13.1. The molecule has 0 bridgehead atoms. The predicted octanol–water partition coefficient (Wildman–Crippen LogP) is 2.64. The van der Waals surface area contributed by atoms with Gasteiger partial charge in [0.2, 0.25) is 29.4 Å². The summed E-state index contributed by atoms with van der Waals surface area (Å²) in [7, 11) is 0. The molecule has 1 aliphatic rings. The number of benzene rings is 1. The molecule has 2 aromatic rings. The Hall–Kier alpha value is -3.60. The second kappa shape index (κ2) is 15.4. The van der Waals surface area contributed by atoms with Gasteiger partial charge in [-0.25, -0.2) is 4.98 Å². The highest BCUT2D eigenvalue weighted by molar-refractivity contribution is 7.11. The molecule has 0 aliphatic carbocycles. The average molecular weight is 584 g/mol. The maximum Gasteiger partial charge on any atom is 0.243 e. The number of ketones is 1. The molecule has 4 N–H and O–H groups in total. The first-order valence-electron chi connectivity index (χ1n) is 14.2. The van der Waals surface area contributed by atoms with E-state index in [1.807, 2.05) is 58.0 Å². The van der Waals surface area contributed by atoms with Crippen LogP contribution >= 0.6 is 11.3 Å². The molecule has 10 nitrogen and oxygen atoms in total. The van der Waals surface area contributed by atoms with Crippen LogP contribution in [0.5, 0.6) is 0 Å². The van der Waals surface area contributed by atoms with Gasteiger partial charge in [0.15, 0.2) is 5.01 Å². The minimum absolute atomic E-state index is 0.0535. The molecule has 1 aliphatic heterocycles. The molecule has 1 fully saturated rings. The van der Waals surface area contributed by atoms with Crippen molar-refractivity contribution in [2.45, 2.75) is 77.9 Å². The van der Waals surface area contributed by atoms with E-state index in [0.29, 0.717) is 25.8 Å². The largest absolute Gasteiger partial charge is 0.356 e. The van der Waals surface area contributed by atoms with Crippen molar-refractivity contribution < 1.29 is 24.0 Å². The normalized spacial score (nSPS) is 17.0. The molecule has 4 atom stereocenters. The van der Waals surface area contributed by atoms with Crippen molar-refractivity contribution in [3.05, 3.63) is 52.5 Å². The van der Waals surface area contributed by atoms with Crippen LogP contribution in [0.3, 0.4) is 0 Å². The van der Waals surface area contributed by atoms with Crippen LogP contribution in [0, 0.1) is 17.8 Å². The number of aryl methyl sites for hydroxylation is 1. The van der Waals surface area contributed by atoms with Gasteiger partial charge in [-0.3, -0.25) is 24.0 Å². The topological polar surface area (TPSA) is 146 Å². The van der Waals surface area contributed by atoms with E-state index >= 15 is 0 Å². The summed E-state index contributed by atoms with van der Waals surface area (Å²) in [6.07, 6.45) is 3.33. The van der Waals surface area contributed by atoms with E-state index in [9.17, 15) is 24.0 Å². The molecule has 0 radical (unpaired) electrons. The molecule has 41 heavy (non-hydrogen) atoms. The Morgan fingerprint density at radius 1 is 1.00 bits per heavy atom. The Labute approximate surface area is 245 Å². The van der Waals surface area contributed by atoms with Gasteiger partial charge in [0, 0.05) is 30.5 Å². The van der Waals surface area contributed by atoms with E-state index < -0.39 is 35.9 Å². The summed E-state index contributed by atoms with van der Waals surface area (Å²) in [6.45, 7) is 8.04. The lowest BCUT2D eigenvalue weighted by Gasteiger charge is -2.27. The third-order valence-corrected chi connectivity index (χ3v) is 7.84. The van der Waals surface area contributed by atoms with Crippen LogP contribution in [0.25, 0.3) is 0 Å². The molecule has 1 aromatic carbocycles. The Morgan fingerprint density at radius 2 is 1.71 bits per heavy atom. The zero-order valence-corrected chi connectivity index (χ0v) is 25.0. The minimum atomic E-state index is -0.965. The van der Waals surface area contributed by atoms with Crippen molar-refractivity contribution in [2.24, 2.45) is 17.8 Å². The van der Waals surface area contributed by atoms with Crippen LogP contribution in [0.2, 0.25) is 0 Å². The molecule has 4 amide bonds. The summed E-state index contributed by atoms with van der Waals surface area (Å²) >= 11 is 1.17. The van der Waals surface area contributed by atoms with Crippen LogP contribution < -0.4 is 21.3 Å². The third-order valence-electron chi connectivity index (χ3n) is 7.05. The number of carbonyl (C=O) groups is 5. The van der Waals surface area contributed by atoms with Gasteiger partial charge in [-0.2, -0.15) is 0 Å². The van der Waals surface area contributed by atoms with Gasteiger partial charge in [-0.1, -0.05) is 58.0 Å². The van der Waals surface area contributed by atoms with Crippen molar-refractivity contribution in [3.63, 3.8) is 0 Å². The number of thiazole rings is 1. The summed E-state index contributed by atoms with van der Waals surface area (Å²) in [5.74, 6) is -2.32. The number of nitrogens with zero attached hydrogens (tertiary/aromatic N) is 1. The molecule has 0 spiro atoms. The highest BCUT2D eigenvalue weighted by atomic mass is 32.1. The molecule has 0 saturated carbocycles.